The third-order valence-corrected chi connectivity index (χ3v) is 3.31. The van der Waals surface area contributed by atoms with Crippen molar-refractivity contribution in [1.82, 2.24) is 0 Å². The van der Waals surface area contributed by atoms with Crippen molar-refractivity contribution in [2.24, 2.45) is 17.8 Å². The minimum absolute atomic E-state index is 0.0133. The fourth-order valence-electron chi connectivity index (χ4n) is 2.31. The van der Waals surface area contributed by atoms with E-state index in [4.69, 9.17) is 0 Å². The summed E-state index contributed by atoms with van der Waals surface area (Å²) in [7, 11) is 0. The topological polar surface area (TPSA) is 54.4 Å². The van der Waals surface area contributed by atoms with Gasteiger partial charge in [0.15, 0.2) is 11.6 Å². The van der Waals surface area contributed by atoms with Crippen molar-refractivity contribution in [2.45, 2.75) is 53.4 Å². The number of allylic oxidation sites excluding steroid dienone is 2. The first-order valence-corrected chi connectivity index (χ1v) is 6.82. The summed E-state index contributed by atoms with van der Waals surface area (Å²) < 4.78 is 0. The average molecular weight is 252 g/mol. The number of aliphatic hydroxyl groups excluding tert-OH is 1. The minimum Gasteiger partial charge on any atom is -0.511 e. The summed E-state index contributed by atoms with van der Waals surface area (Å²) >= 11 is 0. The SMILES string of the molecule is CC(C)CC[C@H]1CC(O)=C(C(=O)CC(C)C)C1=O. The van der Waals surface area contributed by atoms with Gasteiger partial charge in [0, 0.05) is 18.8 Å². The highest BCUT2D eigenvalue weighted by Crippen LogP contribution is 2.32. The second-order valence-corrected chi connectivity index (χ2v) is 6.08. The third kappa shape index (κ3) is 3.69. The van der Waals surface area contributed by atoms with Crippen LogP contribution in [-0.4, -0.2) is 16.7 Å². The lowest BCUT2D eigenvalue weighted by atomic mass is 9.92. The Hall–Kier alpha value is -1.12. The number of hydrogen-bond donors (Lipinski definition) is 1. The van der Waals surface area contributed by atoms with E-state index in [1.54, 1.807) is 0 Å². The molecule has 0 amide bonds. The Kier molecular flexibility index (Phi) is 5.12. The summed E-state index contributed by atoms with van der Waals surface area (Å²) in [5.41, 5.74) is 0.0810. The summed E-state index contributed by atoms with van der Waals surface area (Å²) in [5.74, 6) is 0.243. The number of carbonyl (C=O) groups is 2. The highest BCUT2D eigenvalue weighted by Gasteiger charge is 2.36. The molecule has 3 heteroatoms. The second kappa shape index (κ2) is 6.17. The lowest BCUT2D eigenvalue weighted by molar-refractivity contribution is -0.123. The Labute approximate surface area is 109 Å². The molecule has 1 aliphatic carbocycles. The van der Waals surface area contributed by atoms with Crippen molar-refractivity contribution in [3.8, 4) is 0 Å². The molecule has 0 fully saturated rings. The molecule has 0 bridgehead atoms. The van der Waals surface area contributed by atoms with Gasteiger partial charge in [0.2, 0.25) is 0 Å². The first-order chi connectivity index (χ1) is 8.32. The monoisotopic (exact) mass is 252 g/mol. The Morgan fingerprint density at radius 1 is 1.28 bits per heavy atom. The van der Waals surface area contributed by atoms with Gasteiger partial charge in [-0.25, -0.2) is 0 Å². The van der Waals surface area contributed by atoms with Crippen LogP contribution in [0.25, 0.3) is 0 Å². The predicted molar refractivity (Wildman–Crippen MR) is 71.3 cm³/mol. The van der Waals surface area contributed by atoms with E-state index >= 15 is 0 Å². The maximum atomic E-state index is 12.1. The van der Waals surface area contributed by atoms with Crippen LogP contribution in [0.2, 0.25) is 0 Å². The molecule has 0 saturated carbocycles. The Morgan fingerprint density at radius 3 is 2.39 bits per heavy atom. The van der Waals surface area contributed by atoms with Gasteiger partial charge in [-0.3, -0.25) is 9.59 Å². The lowest BCUT2D eigenvalue weighted by Crippen LogP contribution is -2.17. The molecule has 0 unspecified atom stereocenters. The van der Waals surface area contributed by atoms with Gasteiger partial charge < -0.3 is 5.11 Å². The van der Waals surface area contributed by atoms with E-state index in [-0.39, 0.29) is 34.7 Å². The molecular weight excluding hydrogens is 228 g/mol. The molecule has 0 spiro atoms. The van der Waals surface area contributed by atoms with Gasteiger partial charge in [-0.05, 0) is 18.3 Å². The second-order valence-electron chi connectivity index (χ2n) is 6.08. The van der Waals surface area contributed by atoms with Crippen molar-refractivity contribution in [3.05, 3.63) is 11.3 Å². The molecule has 0 radical (unpaired) electrons. The molecule has 102 valence electrons. The fourth-order valence-corrected chi connectivity index (χ4v) is 2.31. The Bertz CT molecular complexity index is 364. The molecule has 3 nitrogen and oxygen atoms in total. The highest BCUT2D eigenvalue weighted by molar-refractivity contribution is 6.22. The van der Waals surface area contributed by atoms with Gasteiger partial charge in [-0.2, -0.15) is 0 Å². The number of rotatable bonds is 6. The van der Waals surface area contributed by atoms with Gasteiger partial charge in [0.1, 0.15) is 5.76 Å². The van der Waals surface area contributed by atoms with Crippen LogP contribution in [0.1, 0.15) is 53.4 Å². The highest BCUT2D eigenvalue weighted by atomic mass is 16.3. The third-order valence-electron chi connectivity index (χ3n) is 3.31. The largest absolute Gasteiger partial charge is 0.511 e. The van der Waals surface area contributed by atoms with Crippen molar-refractivity contribution >= 4 is 11.6 Å². The molecule has 0 heterocycles. The number of aliphatic hydroxyl groups is 1. The average Bonchev–Trinajstić information content (AvgIpc) is 2.49. The number of Topliss-reactive ketones (excluding diaryl/α,β-unsaturated/α-hetero) is 2. The Balaban J connectivity index is 2.67. The zero-order chi connectivity index (χ0) is 13.9. The van der Waals surface area contributed by atoms with E-state index in [9.17, 15) is 14.7 Å². The summed E-state index contributed by atoms with van der Waals surface area (Å²) in [6.07, 6.45) is 2.40. The van der Waals surface area contributed by atoms with Crippen LogP contribution in [0.15, 0.2) is 11.3 Å². The van der Waals surface area contributed by atoms with Crippen LogP contribution in [0.4, 0.5) is 0 Å². The zero-order valence-electron chi connectivity index (χ0n) is 11.8. The van der Waals surface area contributed by atoms with Gasteiger partial charge in [0.25, 0.3) is 0 Å². The molecule has 1 N–H and O–H groups in total. The number of carbonyl (C=O) groups excluding carboxylic acids is 2. The lowest BCUT2D eigenvalue weighted by Gasteiger charge is -2.10. The summed E-state index contributed by atoms with van der Waals surface area (Å²) in [5, 5.41) is 9.82. The maximum absolute atomic E-state index is 12.1. The van der Waals surface area contributed by atoms with Crippen molar-refractivity contribution < 1.29 is 14.7 Å². The molecular formula is C15H24O3. The standard InChI is InChI=1S/C15H24O3/c1-9(2)5-6-11-8-13(17)14(15(11)18)12(16)7-10(3)4/h9-11,17H,5-8H2,1-4H3/t11-/m0/s1. The minimum atomic E-state index is -0.195. The van der Waals surface area contributed by atoms with Crippen LogP contribution in [0.5, 0.6) is 0 Å². The molecule has 1 rings (SSSR count). The van der Waals surface area contributed by atoms with Crippen LogP contribution < -0.4 is 0 Å². The van der Waals surface area contributed by atoms with Crippen molar-refractivity contribution in [1.29, 1.82) is 0 Å². The van der Waals surface area contributed by atoms with Gasteiger partial charge >= 0.3 is 0 Å². The quantitative estimate of drug-likeness (QED) is 0.737. The molecule has 0 aromatic carbocycles. The zero-order valence-corrected chi connectivity index (χ0v) is 11.8. The van der Waals surface area contributed by atoms with Gasteiger partial charge in [0.05, 0.1) is 5.57 Å². The van der Waals surface area contributed by atoms with Gasteiger partial charge in [-0.15, -0.1) is 0 Å². The first kappa shape index (κ1) is 14.9. The number of hydrogen-bond acceptors (Lipinski definition) is 3. The molecule has 0 aliphatic heterocycles. The van der Waals surface area contributed by atoms with Crippen LogP contribution in [-0.2, 0) is 9.59 Å². The molecule has 18 heavy (non-hydrogen) atoms. The summed E-state index contributed by atoms with van der Waals surface area (Å²) in [6, 6.07) is 0. The van der Waals surface area contributed by atoms with Gasteiger partial charge in [-0.1, -0.05) is 34.1 Å². The summed E-state index contributed by atoms with van der Waals surface area (Å²) in [6.45, 7) is 8.09. The van der Waals surface area contributed by atoms with Crippen LogP contribution in [0.3, 0.4) is 0 Å². The molecule has 1 aliphatic rings. The van der Waals surface area contributed by atoms with E-state index in [0.717, 1.165) is 12.8 Å². The smallest absolute Gasteiger partial charge is 0.173 e. The van der Waals surface area contributed by atoms with E-state index in [1.165, 1.54) is 0 Å². The normalized spacial score (nSPS) is 20.3. The van der Waals surface area contributed by atoms with E-state index in [2.05, 4.69) is 13.8 Å². The van der Waals surface area contributed by atoms with E-state index in [1.807, 2.05) is 13.8 Å². The molecule has 0 aromatic rings. The molecule has 0 saturated heterocycles. The van der Waals surface area contributed by atoms with Crippen molar-refractivity contribution in [2.75, 3.05) is 0 Å². The van der Waals surface area contributed by atoms with E-state index in [0.29, 0.717) is 18.8 Å². The van der Waals surface area contributed by atoms with E-state index < -0.39 is 0 Å². The molecule has 0 aromatic heterocycles. The fraction of sp³-hybridized carbons (Fsp3) is 0.733. The Morgan fingerprint density at radius 2 is 1.89 bits per heavy atom. The number of ketones is 2. The van der Waals surface area contributed by atoms with Crippen LogP contribution in [0, 0.1) is 17.8 Å². The summed E-state index contributed by atoms with van der Waals surface area (Å²) in [4.78, 5) is 24.0. The molecule has 1 atom stereocenters. The van der Waals surface area contributed by atoms with Crippen LogP contribution >= 0.6 is 0 Å². The first-order valence-electron chi connectivity index (χ1n) is 6.82. The van der Waals surface area contributed by atoms with Crippen molar-refractivity contribution in [3.63, 3.8) is 0 Å². The predicted octanol–water partition coefficient (Wildman–Crippen LogP) is 3.44. The maximum Gasteiger partial charge on any atom is 0.173 e.